The number of amides is 1. The number of H-pyrrole nitrogens is 1. The summed E-state index contributed by atoms with van der Waals surface area (Å²) in [6, 6.07) is 6.90. The van der Waals surface area contributed by atoms with E-state index in [4.69, 9.17) is 13.9 Å². The summed E-state index contributed by atoms with van der Waals surface area (Å²) in [5, 5.41) is 7.94. The molecule has 4 heterocycles. The van der Waals surface area contributed by atoms with Crippen molar-refractivity contribution in [1.82, 2.24) is 15.1 Å². The predicted molar refractivity (Wildman–Crippen MR) is 113 cm³/mol. The van der Waals surface area contributed by atoms with Crippen molar-refractivity contribution in [2.45, 2.75) is 44.8 Å². The number of ether oxygens (including phenoxy) is 2. The molecule has 0 unspecified atom stereocenters. The predicted octanol–water partition coefficient (Wildman–Crippen LogP) is 3.01. The smallest absolute Gasteiger partial charge is 0.349 e. The number of carbonyl (C=O) groups excluding carboxylic acids is 1. The Balaban J connectivity index is 1.36. The molecule has 1 amide bonds. The van der Waals surface area contributed by atoms with Gasteiger partial charge in [-0.25, -0.2) is 4.79 Å². The maximum absolute atomic E-state index is 13.1. The number of nitrogens with one attached hydrogen (secondary N) is 1. The fourth-order valence-corrected chi connectivity index (χ4v) is 4.55. The first-order valence-electron chi connectivity index (χ1n) is 10.7. The van der Waals surface area contributed by atoms with Crippen molar-refractivity contribution in [1.29, 1.82) is 0 Å². The SMILES string of the molecule is CC(C)Oc1ccc2cc(C(=O)N3CCC4(CC3)OCCc3cn[nH]c34)c(=O)oc2c1. The lowest BCUT2D eigenvalue weighted by atomic mass is 9.83. The highest BCUT2D eigenvalue weighted by Gasteiger charge is 2.43. The van der Waals surface area contributed by atoms with Crippen LogP contribution in [0.25, 0.3) is 11.0 Å². The number of aromatic amines is 1. The van der Waals surface area contributed by atoms with Gasteiger partial charge < -0.3 is 18.8 Å². The standard InChI is InChI=1S/C23H25N3O5/c1-14(2)30-17-4-3-15-11-18(22(28)31-19(15)12-17)21(27)26-8-6-23(7-9-26)20-16(5-10-29-23)13-24-25-20/h3-4,11-14H,5-10H2,1-2H3,(H,24,25). The summed E-state index contributed by atoms with van der Waals surface area (Å²) in [6.07, 6.45) is 4.03. The van der Waals surface area contributed by atoms with Gasteiger partial charge in [-0.15, -0.1) is 0 Å². The molecule has 2 aromatic heterocycles. The van der Waals surface area contributed by atoms with Gasteiger partial charge >= 0.3 is 5.63 Å². The van der Waals surface area contributed by atoms with E-state index in [9.17, 15) is 9.59 Å². The lowest BCUT2D eigenvalue weighted by molar-refractivity contribution is -0.0962. The Morgan fingerprint density at radius 3 is 2.84 bits per heavy atom. The van der Waals surface area contributed by atoms with Crippen LogP contribution in [0.2, 0.25) is 0 Å². The van der Waals surface area contributed by atoms with Crippen LogP contribution in [0.15, 0.2) is 39.7 Å². The largest absolute Gasteiger partial charge is 0.491 e. The van der Waals surface area contributed by atoms with E-state index in [-0.39, 0.29) is 17.6 Å². The van der Waals surface area contributed by atoms with Crippen LogP contribution in [0, 0.1) is 0 Å². The van der Waals surface area contributed by atoms with Crippen molar-refractivity contribution in [2.24, 2.45) is 0 Å². The van der Waals surface area contributed by atoms with Gasteiger partial charge in [-0.3, -0.25) is 9.89 Å². The average molecular weight is 423 g/mol. The molecule has 8 heteroatoms. The van der Waals surface area contributed by atoms with Crippen molar-refractivity contribution < 1.29 is 18.7 Å². The van der Waals surface area contributed by atoms with E-state index in [1.807, 2.05) is 26.1 Å². The number of carbonyl (C=O) groups is 1. The molecule has 2 aliphatic rings. The topological polar surface area (TPSA) is 97.7 Å². The van der Waals surface area contributed by atoms with Gasteiger partial charge in [-0.1, -0.05) is 0 Å². The number of aromatic nitrogens is 2. The molecule has 0 radical (unpaired) electrons. The lowest BCUT2D eigenvalue weighted by Crippen LogP contribution is -2.49. The van der Waals surface area contributed by atoms with Crippen molar-refractivity contribution in [3.05, 3.63) is 57.7 Å². The first kappa shape index (κ1) is 19.8. The number of piperidine rings is 1. The highest BCUT2D eigenvalue weighted by molar-refractivity contribution is 5.96. The lowest BCUT2D eigenvalue weighted by Gasteiger charge is -2.43. The minimum atomic E-state index is -0.635. The summed E-state index contributed by atoms with van der Waals surface area (Å²) >= 11 is 0. The molecule has 31 heavy (non-hydrogen) atoms. The number of hydrogen-bond donors (Lipinski definition) is 1. The van der Waals surface area contributed by atoms with Crippen molar-refractivity contribution >= 4 is 16.9 Å². The quantitative estimate of drug-likeness (QED) is 0.651. The Labute approximate surface area is 179 Å². The van der Waals surface area contributed by atoms with Crippen LogP contribution in [0.3, 0.4) is 0 Å². The van der Waals surface area contributed by atoms with Crippen LogP contribution in [-0.4, -0.2) is 46.8 Å². The first-order chi connectivity index (χ1) is 14.9. The van der Waals surface area contributed by atoms with Crippen LogP contribution < -0.4 is 10.4 Å². The van der Waals surface area contributed by atoms with E-state index in [0.29, 0.717) is 49.3 Å². The maximum Gasteiger partial charge on any atom is 0.349 e. The fraction of sp³-hybridized carbons (Fsp3) is 0.435. The molecule has 8 nitrogen and oxygen atoms in total. The molecule has 1 saturated heterocycles. The summed E-state index contributed by atoms with van der Waals surface area (Å²) in [7, 11) is 0. The van der Waals surface area contributed by atoms with Gasteiger partial charge in [-0.2, -0.15) is 5.10 Å². The number of nitrogens with zero attached hydrogens (tertiary/aromatic N) is 2. The van der Waals surface area contributed by atoms with Crippen molar-refractivity contribution in [3.8, 4) is 5.75 Å². The summed E-state index contributed by atoms with van der Waals surface area (Å²) < 4.78 is 17.2. The van der Waals surface area contributed by atoms with E-state index in [1.165, 1.54) is 5.56 Å². The van der Waals surface area contributed by atoms with Crippen LogP contribution in [-0.2, 0) is 16.8 Å². The molecule has 0 saturated carbocycles. The zero-order valence-electron chi connectivity index (χ0n) is 17.6. The Bertz CT molecular complexity index is 1190. The van der Waals surface area contributed by atoms with Gasteiger partial charge in [0, 0.05) is 24.5 Å². The average Bonchev–Trinajstić information content (AvgIpc) is 3.23. The fourth-order valence-electron chi connectivity index (χ4n) is 4.55. The normalized spacial score (nSPS) is 17.8. The molecular formula is C23H25N3O5. The minimum absolute atomic E-state index is 0.0124. The molecular weight excluding hydrogens is 398 g/mol. The van der Waals surface area contributed by atoms with Gasteiger partial charge in [0.2, 0.25) is 0 Å². The molecule has 3 aromatic rings. The number of hydrogen-bond acceptors (Lipinski definition) is 6. The second kappa shape index (κ2) is 7.53. The van der Waals surface area contributed by atoms with Crippen molar-refractivity contribution in [3.63, 3.8) is 0 Å². The van der Waals surface area contributed by atoms with Crippen LogP contribution >= 0.6 is 0 Å². The summed E-state index contributed by atoms with van der Waals surface area (Å²) in [5.74, 6) is 0.311. The Morgan fingerprint density at radius 1 is 1.26 bits per heavy atom. The molecule has 5 rings (SSSR count). The van der Waals surface area contributed by atoms with E-state index in [0.717, 1.165) is 12.1 Å². The van der Waals surface area contributed by atoms with E-state index in [2.05, 4.69) is 10.2 Å². The second-order valence-electron chi connectivity index (χ2n) is 8.47. The summed E-state index contributed by atoms with van der Waals surface area (Å²) in [5.41, 5.74) is 1.59. The highest BCUT2D eigenvalue weighted by Crippen LogP contribution is 2.40. The van der Waals surface area contributed by atoms with Gasteiger partial charge in [0.15, 0.2) is 0 Å². The zero-order chi connectivity index (χ0) is 21.6. The Morgan fingerprint density at radius 2 is 2.06 bits per heavy atom. The van der Waals surface area contributed by atoms with Gasteiger partial charge in [0.1, 0.15) is 22.5 Å². The molecule has 2 aliphatic heterocycles. The number of rotatable bonds is 3. The third kappa shape index (κ3) is 3.50. The molecule has 0 bridgehead atoms. The molecule has 1 N–H and O–H groups in total. The highest BCUT2D eigenvalue weighted by atomic mass is 16.5. The van der Waals surface area contributed by atoms with E-state index in [1.54, 1.807) is 23.1 Å². The van der Waals surface area contributed by atoms with Gasteiger partial charge in [0.25, 0.3) is 5.91 Å². The maximum atomic E-state index is 13.1. The van der Waals surface area contributed by atoms with E-state index < -0.39 is 11.2 Å². The first-order valence-corrected chi connectivity index (χ1v) is 10.7. The molecule has 162 valence electrons. The minimum Gasteiger partial charge on any atom is -0.491 e. The Hall–Kier alpha value is -3.13. The molecule has 0 aliphatic carbocycles. The number of fused-ring (bicyclic) bond motifs is 3. The van der Waals surface area contributed by atoms with Crippen LogP contribution in [0.4, 0.5) is 0 Å². The third-order valence-corrected chi connectivity index (χ3v) is 6.09. The molecule has 1 fully saturated rings. The molecule has 0 atom stereocenters. The third-order valence-electron chi connectivity index (χ3n) is 6.09. The van der Waals surface area contributed by atoms with Crippen LogP contribution in [0.1, 0.15) is 48.3 Å². The number of benzene rings is 1. The Kier molecular flexibility index (Phi) is 4.81. The molecule has 1 spiro atoms. The van der Waals surface area contributed by atoms with Gasteiger partial charge in [-0.05, 0) is 56.9 Å². The summed E-state index contributed by atoms with van der Waals surface area (Å²) in [4.78, 5) is 27.4. The monoisotopic (exact) mass is 423 g/mol. The zero-order valence-corrected chi connectivity index (χ0v) is 17.6. The molecule has 1 aromatic carbocycles. The van der Waals surface area contributed by atoms with Gasteiger partial charge in [0.05, 0.1) is 24.6 Å². The van der Waals surface area contributed by atoms with Crippen LogP contribution in [0.5, 0.6) is 5.75 Å². The number of likely N-dealkylation sites (tertiary alicyclic amines) is 1. The summed E-state index contributed by atoms with van der Waals surface area (Å²) in [6.45, 7) is 5.50. The second-order valence-corrected chi connectivity index (χ2v) is 8.47. The van der Waals surface area contributed by atoms with Crippen molar-refractivity contribution in [2.75, 3.05) is 19.7 Å². The van der Waals surface area contributed by atoms with E-state index >= 15 is 0 Å².